The largest absolute Gasteiger partial charge is 0.326 e. The first-order valence-electron chi connectivity index (χ1n) is 8.93. The summed E-state index contributed by atoms with van der Waals surface area (Å²) in [5, 5.41) is 3.12. The van der Waals surface area contributed by atoms with Crippen molar-refractivity contribution in [1.29, 1.82) is 0 Å². The molecule has 0 aliphatic heterocycles. The van der Waals surface area contributed by atoms with E-state index in [0.717, 1.165) is 44.2 Å². The smallest absolute Gasteiger partial charge is 0.228 e. The van der Waals surface area contributed by atoms with Gasteiger partial charge in [0.2, 0.25) is 5.91 Å². The number of carbonyl (C=O) groups is 1. The van der Waals surface area contributed by atoms with Crippen molar-refractivity contribution in [3.63, 3.8) is 0 Å². The molecule has 1 saturated carbocycles. The molecule has 23 heavy (non-hydrogen) atoms. The van der Waals surface area contributed by atoms with Crippen molar-refractivity contribution in [1.82, 2.24) is 0 Å². The van der Waals surface area contributed by atoms with Crippen LogP contribution in [0, 0.1) is 24.7 Å². The van der Waals surface area contributed by atoms with Crippen LogP contribution in [0.15, 0.2) is 48.6 Å². The van der Waals surface area contributed by atoms with Crippen molar-refractivity contribution in [2.45, 2.75) is 45.4 Å². The molecular weight excluding hydrogens is 282 g/mol. The molecule has 1 aromatic rings. The Morgan fingerprint density at radius 2 is 1.57 bits per heavy atom. The second-order valence-electron chi connectivity index (χ2n) is 6.89. The third-order valence-corrected chi connectivity index (χ3v) is 5.09. The first-order valence-corrected chi connectivity index (χ1v) is 8.93. The van der Waals surface area contributed by atoms with Crippen LogP contribution in [0.3, 0.4) is 0 Å². The third-order valence-electron chi connectivity index (χ3n) is 5.09. The molecule has 0 unspecified atom stereocenters. The molecule has 1 amide bonds. The lowest BCUT2D eigenvalue weighted by atomic mass is 10.1. The fourth-order valence-electron chi connectivity index (χ4n) is 3.81. The first kappa shape index (κ1) is 16.0. The van der Waals surface area contributed by atoms with Gasteiger partial charge in [-0.3, -0.25) is 4.79 Å². The van der Waals surface area contributed by atoms with E-state index in [4.69, 9.17) is 0 Å². The van der Waals surface area contributed by atoms with Crippen LogP contribution >= 0.6 is 0 Å². The summed E-state index contributed by atoms with van der Waals surface area (Å²) in [4.78, 5) is 12.6. The maximum atomic E-state index is 12.6. The molecule has 1 aromatic carbocycles. The monoisotopic (exact) mass is 309 g/mol. The molecule has 0 aromatic heterocycles. The van der Waals surface area contributed by atoms with Crippen LogP contribution in [0.25, 0.3) is 0 Å². The number of carbonyl (C=O) groups excluding carboxylic acids is 1. The van der Waals surface area contributed by atoms with Crippen LogP contribution in [-0.4, -0.2) is 5.91 Å². The quantitative estimate of drug-likeness (QED) is 0.742. The minimum Gasteiger partial charge on any atom is -0.326 e. The van der Waals surface area contributed by atoms with Crippen molar-refractivity contribution < 1.29 is 4.79 Å². The summed E-state index contributed by atoms with van der Waals surface area (Å²) >= 11 is 0. The summed E-state index contributed by atoms with van der Waals surface area (Å²) in [5.41, 5.74) is 2.11. The zero-order valence-electron chi connectivity index (χ0n) is 14.0. The van der Waals surface area contributed by atoms with E-state index in [9.17, 15) is 4.79 Å². The number of allylic oxidation sites excluding steroid dienone is 4. The Bertz CT molecular complexity index is 578. The highest BCUT2D eigenvalue weighted by molar-refractivity contribution is 5.94. The number of amides is 1. The van der Waals surface area contributed by atoms with Gasteiger partial charge >= 0.3 is 0 Å². The van der Waals surface area contributed by atoms with Gasteiger partial charge in [-0.1, -0.05) is 36.4 Å². The molecule has 122 valence electrons. The summed E-state index contributed by atoms with van der Waals surface area (Å²) in [6.45, 7) is 2.05. The second-order valence-corrected chi connectivity index (χ2v) is 6.89. The fraction of sp³-hybridized carbons (Fsp3) is 0.476. The van der Waals surface area contributed by atoms with Gasteiger partial charge in [0.1, 0.15) is 0 Å². The highest BCUT2D eigenvalue weighted by Gasteiger charge is 2.52. The van der Waals surface area contributed by atoms with Gasteiger partial charge in [-0.15, -0.1) is 0 Å². The summed E-state index contributed by atoms with van der Waals surface area (Å²) in [7, 11) is 0. The molecule has 1 N–H and O–H groups in total. The lowest BCUT2D eigenvalue weighted by Crippen LogP contribution is -2.15. The van der Waals surface area contributed by atoms with Gasteiger partial charge in [0.25, 0.3) is 0 Å². The van der Waals surface area contributed by atoms with E-state index >= 15 is 0 Å². The molecule has 2 nitrogen and oxygen atoms in total. The standard InChI is InChI=1S/C21H27NO/c1-16-11-10-12-17(15-16)22-21(23)20-18-13-8-6-4-2-3-5-7-9-14-19(18)20/h4-7,10-12,15,18-20H,2-3,8-9,13-14H2,1H3,(H,22,23)/b6-4-,7-5-/t18-,19-/m1/s1. The minimum absolute atomic E-state index is 0.207. The van der Waals surface area contributed by atoms with Crippen LogP contribution in [0.5, 0.6) is 0 Å². The lowest BCUT2D eigenvalue weighted by Gasteiger charge is -2.05. The van der Waals surface area contributed by atoms with Crippen LogP contribution in [0.2, 0.25) is 0 Å². The number of benzene rings is 1. The predicted octanol–water partition coefficient (Wildman–Crippen LogP) is 5.26. The summed E-state index contributed by atoms with van der Waals surface area (Å²) in [6, 6.07) is 8.07. The highest BCUT2D eigenvalue weighted by atomic mass is 16.2. The van der Waals surface area contributed by atoms with Gasteiger partial charge in [0.15, 0.2) is 0 Å². The van der Waals surface area contributed by atoms with E-state index in [2.05, 4.69) is 42.6 Å². The van der Waals surface area contributed by atoms with Gasteiger partial charge in [-0.25, -0.2) is 0 Å². The summed E-state index contributed by atoms with van der Waals surface area (Å²) in [5.74, 6) is 1.56. The molecule has 2 heteroatoms. The van der Waals surface area contributed by atoms with E-state index in [1.54, 1.807) is 0 Å². The van der Waals surface area contributed by atoms with E-state index in [1.807, 2.05) is 18.2 Å². The number of hydrogen-bond acceptors (Lipinski definition) is 1. The highest BCUT2D eigenvalue weighted by Crippen LogP contribution is 2.52. The van der Waals surface area contributed by atoms with Gasteiger partial charge in [0, 0.05) is 11.6 Å². The topological polar surface area (TPSA) is 29.1 Å². The van der Waals surface area contributed by atoms with Crippen LogP contribution in [-0.2, 0) is 4.79 Å². The zero-order valence-corrected chi connectivity index (χ0v) is 14.0. The number of hydrogen-bond donors (Lipinski definition) is 1. The Kier molecular flexibility index (Phi) is 5.32. The van der Waals surface area contributed by atoms with Gasteiger partial charge in [-0.05, 0) is 75.0 Å². The number of fused-ring (bicyclic) bond motifs is 1. The van der Waals surface area contributed by atoms with Crippen LogP contribution in [0.1, 0.15) is 44.1 Å². The van der Waals surface area contributed by atoms with E-state index in [1.165, 1.54) is 5.56 Å². The number of rotatable bonds is 2. The SMILES string of the molecule is Cc1cccc(NC(=O)C2[C@@H]3CC/C=C\CC/C=C\CC[C@@H]23)c1. The Morgan fingerprint density at radius 1 is 0.957 bits per heavy atom. The maximum Gasteiger partial charge on any atom is 0.228 e. The molecule has 0 spiro atoms. The molecule has 0 heterocycles. The molecule has 3 rings (SSSR count). The Morgan fingerprint density at radius 3 is 2.17 bits per heavy atom. The molecule has 0 bridgehead atoms. The van der Waals surface area contributed by atoms with Gasteiger partial charge in [0.05, 0.1) is 0 Å². The Balaban J connectivity index is 1.61. The number of anilines is 1. The summed E-state index contributed by atoms with van der Waals surface area (Å²) < 4.78 is 0. The van der Waals surface area contributed by atoms with Crippen molar-refractivity contribution in [2.24, 2.45) is 17.8 Å². The van der Waals surface area contributed by atoms with Crippen LogP contribution < -0.4 is 5.32 Å². The second kappa shape index (κ2) is 7.63. The predicted molar refractivity (Wildman–Crippen MR) is 96.3 cm³/mol. The first-order chi connectivity index (χ1) is 11.3. The van der Waals surface area contributed by atoms with E-state index in [0.29, 0.717) is 11.8 Å². The van der Waals surface area contributed by atoms with Gasteiger partial charge in [-0.2, -0.15) is 0 Å². The third kappa shape index (κ3) is 4.34. The lowest BCUT2D eigenvalue weighted by molar-refractivity contribution is -0.117. The molecule has 0 radical (unpaired) electrons. The zero-order chi connectivity index (χ0) is 16.1. The molecular formula is C21H27NO. The maximum absolute atomic E-state index is 12.6. The van der Waals surface area contributed by atoms with Crippen molar-refractivity contribution in [3.05, 3.63) is 54.1 Å². The minimum atomic E-state index is 0.207. The van der Waals surface area contributed by atoms with Crippen molar-refractivity contribution in [2.75, 3.05) is 5.32 Å². The Labute approximate surface area is 139 Å². The van der Waals surface area contributed by atoms with Gasteiger partial charge < -0.3 is 5.32 Å². The van der Waals surface area contributed by atoms with Crippen molar-refractivity contribution >= 4 is 11.6 Å². The Hall–Kier alpha value is -1.83. The number of nitrogens with one attached hydrogen (secondary N) is 1. The van der Waals surface area contributed by atoms with E-state index < -0.39 is 0 Å². The molecule has 2 atom stereocenters. The molecule has 0 saturated heterocycles. The van der Waals surface area contributed by atoms with Crippen LogP contribution in [0.4, 0.5) is 5.69 Å². The molecule has 2 aliphatic carbocycles. The molecule has 2 aliphatic rings. The van der Waals surface area contributed by atoms with E-state index in [-0.39, 0.29) is 11.8 Å². The molecule has 1 fully saturated rings. The average molecular weight is 309 g/mol. The number of aryl methyl sites for hydroxylation is 1. The fourth-order valence-corrected chi connectivity index (χ4v) is 3.81. The normalized spacial score (nSPS) is 30.2. The van der Waals surface area contributed by atoms with Crippen molar-refractivity contribution in [3.8, 4) is 0 Å². The average Bonchev–Trinajstić information content (AvgIpc) is 3.20. The summed E-state index contributed by atoms with van der Waals surface area (Å²) in [6.07, 6.45) is 16.0.